The van der Waals surface area contributed by atoms with Gasteiger partial charge in [0.25, 0.3) is 0 Å². The number of hydrogen-bond donors (Lipinski definition) is 27. The molecule has 2 radical (unpaired) electrons. The molecule has 0 fully saturated rings. The van der Waals surface area contributed by atoms with Crippen molar-refractivity contribution < 1.29 is 213 Å². The van der Waals surface area contributed by atoms with E-state index in [9.17, 15) is 181 Å². The molecule has 9 aromatic carbocycles. The van der Waals surface area contributed by atoms with E-state index in [0.29, 0.717) is 84.9 Å². The molecule has 0 atom stereocenters. The Hall–Kier alpha value is -15.2. The number of rotatable bonds is 18. The summed E-state index contributed by atoms with van der Waals surface area (Å²) < 4.78 is 44.7. The second-order valence-electron chi connectivity index (χ2n) is 21.0. The molecule has 0 aliphatic carbocycles. The van der Waals surface area contributed by atoms with Gasteiger partial charge in [0.15, 0.2) is 69.0 Å². The molecular formula is C63H45BiO45PbSi. The Morgan fingerprint density at radius 1 is 0.198 bits per heavy atom. The van der Waals surface area contributed by atoms with E-state index in [4.69, 9.17) is 31.5 Å². The van der Waals surface area contributed by atoms with E-state index in [0.717, 1.165) is 24.3 Å². The Bertz CT molecular complexity index is 4560. The van der Waals surface area contributed by atoms with Gasteiger partial charge in [-0.15, -0.1) is 0 Å². The zero-order chi connectivity index (χ0) is 82.9. The van der Waals surface area contributed by atoms with Crippen LogP contribution in [0.1, 0.15) is 93.2 Å². The summed E-state index contributed by atoms with van der Waals surface area (Å²) >= 11 is -7.80. The van der Waals surface area contributed by atoms with Gasteiger partial charge in [0.2, 0.25) is 0 Å². The molecule has 111 heavy (non-hydrogen) atoms. The summed E-state index contributed by atoms with van der Waals surface area (Å²) in [4.78, 5) is 114. The van der Waals surface area contributed by atoms with Crippen molar-refractivity contribution in [2.45, 2.75) is 0 Å². The zero-order valence-corrected chi connectivity index (χ0v) is 62.1. The Labute approximate surface area is 634 Å². The maximum atomic E-state index is 13.3. The molecule has 580 valence electrons. The van der Waals surface area contributed by atoms with E-state index < -0.39 is 305 Å². The van der Waals surface area contributed by atoms with Gasteiger partial charge >= 0.3 is 400 Å². The minimum atomic E-state index is -6.27. The predicted octanol–water partition coefficient (Wildman–Crippen LogP) is 2.68. The predicted molar refractivity (Wildman–Crippen MR) is 349 cm³/mol. The van der Waals surface area contributed by atoms with Gasteiger partial charge in [-0.2, -0.15) is 0 Å². The van der Waals surface area contributed by atoms with Crippen molar-refractivity contribution in [3.05, 3.63) is 159 Å². The molecule has 45 nitrogen and oxygen atoms in total. The maximum absolute atomic E-state index is 13.3. The van der Waals surface area contributed by atoms with Crippen LogP contribution in [0.25, 0.3) is 0 Å². The number of aromatic hydroxyl groups is 27. The summed E-state index contributed by atoms with van der Waals surface area (Å²) in [5, 5.41) is 259. The molecular weight excluding hydrogens is 1920 g/mol. The molecule has 0 aliphatic heterocycles. The summed E-state index contributed by atoms with van der Waals surface area (Å²) in [7, 11) is -6.27. The van der Waals surface area contributed by atoms with Gasteiger partial charge in [-0.1, -0.05) is 0 Å². The van der Waals surface area contributed by atoms with Crippen molar-refractivity contribution in [2.24, 2.45) is 0 Å². The molecule has 0 saturated carbocycles. The zero-order valence-electron chi connectivity index (χ0n) is 53.8. The summed E-state index contributed by atoms with van der Waals surface area (Å²) in [6.45, 7) is 0. The van der Waals surface area contributed by atoms with Crippen LogP contribution in [-0.4, -0.2) is 249 Å². The van der Waals surface area contributed by atoms with E-state index in [1.807, 2.05) is 0 Å². The Kier molecular flexibility index (Phi) is 25.4. The van der Waals surface area contributed by atoms with Crippen molar-refractivity contribution in [1.29, 1.82) is 0 Å². The van der Waals surface area contributed by atoms with Crippen LogP contribution in [0.4, 0.5) is 0 Å². The normalized spacial score (nSPS) is 10.7. The first-order valence-electron chi connectivity index (χ1n) is 28.6. The molecule has 0 spiro atoms. The molecule has 0 aromatic heterocycles. The first kappa shape index (κ1) is 83.1. The van der Waals surface area contributed by atoms with Crippen LogP contribution in [0.3, 0.4) is 0 Å². The van der Waals surface area contributed by atoms with Crippen LogP contribution in [0.2, 0.25) is 0 Å². The van der Waals surface area contributed by atoms with E-state index >= 15 is 0 Å². The van der Waals surface area contributed by atoms with Gasteiger partial charge in [-0.05, 0) is 48.5 Å². The second kappa shape index (κ2) is 33.9. The number of phenolic OH excluding ortho intramolecular Hbond substituents is 27. The van der Waals surface area contributed by atoms with Gasteiger partial charge in [-0.3, -0.25) is 0 Å². The Morgan fingerprint density at radius 3 is 0.450 bits per heavy atom. The van der Waals surface area contributed by atoms with Gasteiger partial charge in [-0.25, -0.2) is 19.2 Å². The second-order valence-corrected chi connectivity index (χ2v) is 29.0. The van der Waals surface area contributed by atoms with Gasteiger partial charge in [0.05, 0.1) is 22.3 Å². The van der Waals surface area contributed by atoms with Crippen LogP contribution in [-0.2, 0) is 31.5 Å². The number of carbonyl (C=O) groups is 9. The van der Waals surface area contributed by atoms with E-state index in [2.05, 4.69) is 0 Å². The monoisotopic (exact) mass is 1970 g/mol. The SMILES string of the molecule is O=C(O[Si](OC(=O)c1cc(O)c(O)c(O)c1)(OC(=O)c1cc(O)c(O)c(O)c1)OC(=O)c1cc(O)c(O)c(O)c1)c1cc(O)c(O)c(O)c1.O=C([O][Bi]([O]C(=O)c1cc(O)c(O)c(O)c1)[O]C(=O)c1cc(O)c(O)c(O)c1)c1cc(O)c(O)c(O)c1.O=C([O][Pb][O]C(=O)c1cc(O)c(O)c(O)c1)c1cc(O)c(O)c(O)c1. The Balaban J connectivity index is 0.000000244. The summed E-state index contributed by atoms with van der Waals surface area (Å²) in [5.74, 6) is -39.8. The molecule has 0 amide bonds. The van der Waals surface area contributed by atoms with Crippen LogP contribution in [0.15, 0.2) is 109 Å². The van der Waals surface area contributed by atoms with Crippen LogP contribution >= 0.6 is 0 Å². The van der Waals surface area contributed by atoms with E-state index in [1.165, 1.54) is 0 Å². The Morgan fingerprint density at radius 2 is 0.315 bits per heavy atom. The fraction of sp³-hybridized carbons (Fsp3) is 0. The van der Waals surface area contributed by atoms with Gasteiger partial charge in [0.1, 0.15) is 0 Å². The quantitative estimate of drug-likeness (QED) is 0.0434. The fourth-order valence-electron chi connectivity index (χ4n) is 7.94. The number of benzene rings is 9. The third-order valence-electron chi connectivity index (χ3n) is 13.4. The molecule has 48 heteroatoms. The summed E-state index contributed by atoms with van der Waals surface area (Å²) in [6, 6.07) is 11.3. The minimum absolute atomic E-state index is 0.267. The first-order valence-corrected chi connectivity index (χ1v) is 37.7. The van der Waals surface area contributed by atoms with E-state index in [1.54, 1.807) is 0 Å². The van der Waals surface area contributed by atoms with Crippen molar-refractivity contribution in [1.82, 2.24) is 0 Å². The van der Waals surface area contributed by atoms with Crippen molar-refractivity contribution in [3.8, 4) is 155 Å². The molecule has 0 aliphatic rings. The fourth-order valence-corrected chi connectivity index (χ4v) is 14.5. The van der Waals surface area contributed by atoms with Crippen molar-refractivity contribution >= 4 is 111 Å². The van der Waals surface area contributed by atoms with Crippen molar-refractivity contribution in [2.75, 3.05) is 0 Å². The number of phenols is 27. The third-order valence-corrected chi connectivity index (χ3v) is 20.9. The molecule has 0 saturated heterocycles. The molecule has 9 rings (SSSR count). The van der Waals surface area contributed by atoms with Gasteiger partial charge in [0, 0.05) is 0 Å². The van der Waals surface area contributed by atoms with Crippen LogP contribution in [0.5, 0.6) is 155 Å². The molecule has 9 aromatic rings. The molecule has 27 N–H and O–H groups in total. The van der Waals surface area contributed by atoms with Crippen LogP contribution in [0, 0.1) is 0 Å². The van der Waals surface area contributed by atoms with Crippen molar-refractivity contribution in [3.63, 3.8) is 0 Å². The molecule has 0 unspecified atom stereocenters. The summed E-state index contributed by atoms with van der Waals surface area (Å²) in [5.41, 5.74) is -5.83. The standard InChI is InChI=1S/C28H20O20Si.5C7H6O5.Bi.Pb/c29-13-1-9(2-14(30)21(13)37)25(41)45-49(46-26(42)10-3-15(31)22(38)16(32)4-10,47-27(43)11-5-17(33)23(39)18(34)6-11)48-28(44)12-7-19(35)24(40)20(36)8-12;5*8-4-1-3(7(11)12)2-5(9)6(4)10;;/h1-8,29-40H;5*1-2,8-10H,(H,11,12);;/q;;;;;;+3;+2/p-5. The third kappa shape index (κ3) is 19.9. The van der Waals surface area contributed by atoms with E-state index in [-0.39, 0.29) is 11.1 Å². The topological polar surface area (TPSA) is 783 Å². The average Bonchev–Trinajstić information content (AvgIpc) is 0.785. The van der Waals surface area contributed by atoms with Gasteiger partial charge < -0.3 is 79.0 Å². The van der Waals surface area contributed by atoms with Crippen LogP contribution < -0.4 is 0 Å². The number of hydrogen-bond acceptors (Lipinski definition) is 45. The molecule has 0 bridgehead atoms. The average molecular weight is 1970 g/mol. The summed E-state index contributed by atoms with van der Waals surface area (Å²) in [6.07, 6.45) is 0. The first-order chi connectivity index (χ1) is 51.8. The number of carbonyl (C=O) groups excluding carboxylic acids is 9. The molecule has 0 heterocycles.